The first-order valence-corrected chi connectivity index (χ1v) is 7.91. The average Bonchev–Trinajstić information content (AvgIpc) is 3.03. The standard InChI is InChI=1S/C16H22ClN3O/c1-16(10-18)6-8-19(11-16)14-5-7-20(15(14)21)13-4-2-3-12(17)9-13/h2-4,9,14H,5-8,10-11,18H2,1H3. The molecular weight excluding hydrogens is 286 g/mol. The van der Waals surface area contributed by atoms with Crippen LogP contribution in [0.15, 0.2) is 24.3 Å². The highest BCUT2D eigenvalue weighted by molar-refractivity contribution is 6.30. The number of benzene rings is 1. The minimum atomic E-state index is -0.00245. The van der Waals surface area contributed by atoms with Crippen LogP contribution in [0, 0.1) is 5.41 Å². The predicted octanol–water partition coefficient (Wildman–Crippen LogP) is 2.12. The van der Waals surface area contributed by atoms with Crippen LogP contribution in [0.25, 0.3) is 0 Å². The van der Waals surface area contributed by atoms with Crippen molar-refractivity contribution in [2.75, 3.05) is 31.1 Å². The Balaban J connectivity index is 1.73. The third kappa shape index (κ3) is 2.80. The zero-order valence-electron chi connectivity index (χ0n) is 12.4. The molecule has 0 aliphatic carbocycles. The molecule has 4 nitrogen and oxygen atoms in total. The minimum Gasteiger partial charge on any atom is -0.330 e. The lowest BCUT2D eigenvalue weighted by molar-refractivity contribution is -0.121. The van der Waals surface area contributed by atoms with Gasteiger partial charge >= 0.3 is 0 Å². The van der Waals surface area contributed by atoms with E-state index in [1.54, 1.807) is 0 Å². The molecule has 1 amide bonds. The lowest BCUT2D eigenvalue weighted by Crippen LogP contribution is -2.42. The number of carbonyl (C=O) groups excluding carboxylic acids is 1. The van der Waals surface area contributed by atoms with Gasteiger partial charge in [0, 0.05) is 23.8 Å². The van der Waals surface area contributed by atoms with E-state index in [-0.39, 0.29) is 17.4 Å². The van der Waals surface area contributed by atoms with E-state index in [0.717, 1.165) is 38.2 Å². The predicted molar refractivity (Wildman–Crippen MR) is 85.6 cm³/mol. The van der Waals surface area contributed by atoms with Crippen molar-refractivity contribution >= 4 is 23.2 Å². The number of carbonyl (C=O) groups is 1. The second kappa shape index (κ2) is 5.59. The van der Waals surface area contributed by atoms with Gasteiger partial charge in [0.15, 0.2) is 0 Å². The van der Waals surface area contributed by atoms with Crippen LogP contribution in [0.1, 0.15) is 19.8 Å². The summed E-state index contributed by atoms with van der Waals surface area (Å²) in [5, 5.41) is 0.667. The maximum Gasteiger partial charge on any atom is 0.244 e. The third-order valence-corrected chi connectivity index (χ3v) is 5.05. The molecule has 0 aromatic heterocycles. The first-order valence-electron chi connectivity index (χ1n) is 7.53. The Hall–Kier alpha value is -1.10. The van der Waals surface area contributed by atoms with Crippen molar-refractivity contribution in [2.24, 2.45) is 11.1 Å². The molecule has 2 aliphatic rings. The fourth-order valence-electron chi connectivity index (χ4n) is 3.40. The molecule has 2 saturated heterocycles. The molecule has 2 heterocycles. The lowest BCUT2D eigenvalue weighted by Gasteiger charge is -2.26. The zero-order chi connectivity index (χ0) is 15.0. The van der Waals surface area contributed by atoms with E-state index in [2.05, 4.69) is 11.8 Å². The summed E-state index contributed by atoms with van der Waals surface area (Å²) >= 11 is 6.03. The first-order chi connectivity index (χ1) is 10.0. The van der Waals surface area contributed by atoms with Gasteiger partial charge < -0.3 is 10.6 Å². The molecule has 2 N–H and O–H groups in total. The molecule has 2 aliphatic heterocycles. The minimum absolute atomic E-state index is 0.00245. The van der Waals surface area contributed by atoms with E-state index in [0.29, 0.717) is 11.6 Å². The molecule has 3 rings (SSSR count). The Kier molecular flexibility index (Phi) is 3.95. The molecule has 1 aromatic rings. The molecule has 0 radical (unpaired) electrons. The number of nitrogens with two attached hydrogens (primary N) is 1. The molecule has 2 unspecified atom stereocenters. The van der Waals surface area contributed by atoms with E-state index in [4.69, 9.17) is 17.3 Å². The van der Waals surface area contributed by atoms with Gasteiger partial charge in [-0.15, -0.1) is 0 Å². The maximum atomic E-state index is 12.7. The van der Waals surface area contributed by atoms with Crippen molar-refractivity contribution < 1.29 is 4.79 Å². The molecule has 0 spiro atoms. The fraction of sp³-hybridized carbons (Fsp3) is 0.562. The summed E-state index contributed by atoms with van der Waals surface area (Å²) in [5.74, 6) is 0.193. The molecule has 2 atom stereocenters. The summed E-state index contributed by atoms with van der Waals surface area (Å²) in [7, 11) is 0. The second-order valence-electron chi connectivity index (χ2n) is 6.51. The van der Waals surface area contributed by atoms with Gasteiger partial charge in [-0.2, -0.15) is 0 Å². The normalized spacial score (nSPS) is 30.3. The van der Waals surface area contributed by atoms with Crippen molar-refractivity contribution in [2.45, 2.75) is 25.8 Å². The smallest absolute Gasteiger partial charge is 0.244 e. The van der Waals surface area contributed by atoms with E-state index in [1.807, 2.05) is 29.2 Å². The Morgan fingerprint density at radius 3 is 2.90 bits per heavy atom. The summed E-state index contributed by atoms with van der Waals surface area (Å²) in [5.41, 5.74) is 6.92. The summed E-state index contributed by atoms with van der Waals surface area (Å²) in [4.78, 5) is 16.9. The van der Waals surface area contributed by atoms with Crippen LogP contribution in [0.5, 0.6) is 0 Å². The number of rotatable bonds is 3. The molecule has 0 saturated carbocycles. The van der Waals surface area contributed by atoms with Crippen LogP contribution >= 0.6 is 11.6 Å². The SMILES string of the molecule is CC1(CN)CCN(C2CCN(c3cccc(Cl)c3)C2=O)C1. The Morgan fingerprint density at radius 1 is 1.43 bits per heavy atom. The number of halogens is 1. The third-order valence-electron chi connectivity index (χ3n) is 4.82. The van der Waals surface area contributed by atoms with Crippen molar-refractivity contribution in [3.8, 4) is 0 Å². The van der Waals surface area contributed by atoms with E-state index in [1.165, 1.54) is 0 Å². The van der Waals surface area contributed by atoms with Gasteiger partial charge in [0.1, 0.15) is 0 Å². The fourth-order valence-corrected chi connectivity index (χ4v) is 3.58. The summed E-state index contributed by atoms with van der Waals surface area (Å²) < 4.78 is 0. The van der Waals surface area contributed by atoms with Crippen LogP contribution in [0.3, 0.4) is 0 Å². The maximum absolute atomic E-state index is 12.7. The number of anilines is 1. The quantitative estimate of drug-likeness (QED) is 0.930. The molecule has 5 heteroatoms. The van der Waals surface area contributed by atoms with Gasteiger partial charge in [-0.05, 0) is 49.5 Å². The average molecular weight is 308 g/mol. The largest absolute Gasteiger partial charge is 0.330 e. The lowest BCUT2D eigenvalue weighted by atomic mass is 9.90. The number of hydrogen-bond acceptors (Lipinski definition) is 3. The molecule has 0 bridgehead atoms. The van der Waals surface area contributed by atoms with Crippen molar-refractivity contribution in [1.82, 2.24) is 4.90 Å². The van der Waals surface area contributed by atoms with Gasteiger partial charge in [0.05, 0.1) is 6.04 Å². The second-order valence-corrected chi connectivity index (χ2v) is 6.95. The van der Waals surface area contributed by atoms with E-state index < -0.39 is 0 Å². The number of amides is 1. The van der Waals surface area contributed by atoms with Crippen molar-refractivity contribution in [1.29, 1.82) is 0 Å². The monoisotopic (exact) mass is 307 g/mol. The molecule has 2 fully saturated rings. The number of hydrogen-bond donors (Lipinski definition) is 1. The Morgan fingerprint density at radius 2 is 2.24 bits per heavy atom. The summed E-state index contributed by atoms with van der Waals surface area (Å²) in [6.45, 7) is 5.54. The van der Waals surface area contributed by atoms with Crippen LogP contribution in [-0.4, -0.2) is 43.0 Å². The van der Waals surface area contributed by atoms with Crippen LogP contribution in [-0.2, 0) is 4.79 Å². The molecular formula is C16H22ClN3O. The van der Waals surface area contributed by atoms with Crippen molar-refractivity contribution in [3.63, 3.8) is 0 Å². The van der Waals surface area contributed by atoms with Crippen LogP contribution in [0.4, 0.5) is 5.69 Å². The van der Waals surface area contributed by atoms with Gasteiger partial charge in [-0.1, -0.05) is 24.6 Å². The zero-order valence-corrected chi connectivity index (χ0v) is 13.1. The molecule has 21 heavy (non-hydrogen) atoms. The number of likely N-dealkylation sites (tertiary alicyclic amines) is 1. The van der Waals surface area contributed by atoms with Crippen LogP contribution in [0.2, 0.25) is 5.02 Å². The van der Waals surface area contributed by atoms with Gasteiger partial charge in [0.2, 0.25) is 5.91 Å². The summed E-state index contributed by atoms with van der Waals surface area (Å²) in [6, 6.07) is 7.52. The highest BCUT2D eigenvalue weighted by Gasteiger charge is 2.42. The van der Waals surface area contributed by atoms with Gasteiger partial charge in [-0.25, -0.2) is 0 Å². The Bertz CT molecular complexity index is 550. The highest BCUT2D eigenvalue weighted by atomic mass is 35.5. The van der Waals surface area contributed by atoms with E-state index in [9.17, 15) is 4.79 Å². The highest BCUT2D eigenvalue weighted by Crippen LogP contribution is 2.33. The van der Waals surface area contributed by atoms with Gasteiger partial charge in [-0.3, -0.25) is 9.69 Å². The van der Waals surface area contributed by atoms with Crippen molar-refractivity contribution in [3.05, 3.63) is 29.3 Å². The molecule has 114 valence electrons. The first kappa shape index (κ1) is 14.8. The van der Waals surface area contributed by atoms with E-state index >= 15 is 0 Å². The van der Waals surface area contributed by atoms with Crippen LogP contribution < -0.4 is 10.6 Å². The Labute approximate surface area is 130 Å². The molecule has 1 aromatic carbocycles. The van der Waals surface area contributed by atoms with Gasteiger partial charge in [0.25, 0.3) is 0 Å². The number of nitrogens with zero attached hydrogens (tertiary/aromatic N) is 2. The topological polar surface area (TPSA) is 49.6 Å². The summed E-state index contributed by atoms with van der Waals surface area (Å²) in [6.07, 6.45) is 1.95.